The minimum Gasteiger partial charge on any atom is -0.383 e. The summed E-state index contributed by atoms with van der Waals surface area (Å²) in [6.45, 7) is 11.7. The van der Waals surface area contributed by atoms with Crippen LogP contribution in [0.3, 0.4) is 0 Å². The number of hydrogen-bond donors (Lipinski definition) is 1. The van der Waals surface area contributed by atoms with Gasteiger partial charge in [0, 0.05) is 51.6 Å². The molecule has 6 heteroatoms. The van der Waals surface area contributed by atoms with E-state index in [0.29, 0.717) is 6.61 Å². The molecule has 0 aliphatic carbocycles. The Bertz CT molecular complexity index is 741. The van der Waals surface area contributed by atoms with E-state index in [1.807, 2.05) is 13.0 Å². The van der Waals surface area contributed by atoms with Crippen molar-refractivity contribution >= 4 is 17.3 Å². The second-order valence-electron chi connectivity index (χ2n) is 6.77. The van der Waals surface area contributed by atoms with Crippen LogP contribution in [-0.4, -0.2) is 56.4 Å². The van der Waals surface area contributed by atoms with E-state index in [9.17, 15) is 0 Å². The number of aryl methyl sites for hydroxylation is 2. The van der Waals surface area contributed by atoms with Gasteiger partial charge >= 0.3 is 0 Å². The highest BCUT2D eigenvalue weighted by Gasteiger charge is 2.20. The van der Waals surface area contributed by atoms with Crippen LogP contribution in [0.5, 0.6) is 0 Å². The Morgan fingerprint density at radius 1 is 1.04 bits per heavy atom. The molecule has 0 unspecified atom stereocenters. The first-order chi connectivity index (χ1) is 12.6. The van der Waals surface area contributed by atoms with Crippen LogP contribution in [0.2, 0.25) is 0 Å². The minimum atomic E-state index is 0.660. The number of ether oxygens (including phenoxy) is 1. The molecule has 1 saturated heterocycles. The van der Waals surface area contributed by atoms with E-state index in [-0.39, 0.29) is 0 Å². The van der Waals surface area contributed by atoms with Crippen LogP contribution in [0.4, 0.5) is 17.3 Å². The maximum Gasteiger partial charge on any atom is 0.134 e. The van der Waals surface area contributed by atoms with Crippen molar-refractivity contribution in [2.75, 3.05) is 61.6 Å². The Morgan fingerprint density at radius 2 is 1.77 bits per heavy atom. The van der Waals surface area contributed by atoms with Crippen molar-refractivity contribution in [2.24, 2.45) is 0 Å². The van der Waals surface area contributed by atoms with Gasteiger partial charge in [-0.3, -0.25) is 0 Å². The Labute approximate surface area is 156 Å². The normalized spacial score (nSPS) is 14.6. The maximum absolute atomic E-state index is 5.09. The van der Waals surface area contributed by atoms with E-state index in [4.69, 9.17) is 4.74 Å². The van der Waals surface area contributed by atoms with Crippen molar-refractivity contribution in [2.45, 2.75) is 20.8 Å². The van der Waals surface area contributed by atoms with Crippen molar-refractivity contribution in [1.29, 1.82) is 0 Å². The van der Waals surface area contributed by atoms with E-state index < -0.39 is 0 Å². The third-order valence-corrected chi connectivity index (χ3v) is 4.96. The van der Waals surface area contributed by atoms with Crippen LogP contribution in [0.1, 0.15) is 17.0 Å². The van der Waals surface area contributed by atoms with E-state index >= 15 is 0 Å². The predicted octanol–water partition coefficient (Wildman–Crippen LogP) is 2.79. The molecule has 2 heterocycles. The van der Waals surface area contributed by atoms with Gasteiger partial charge in [-0.1, -0.05) is 12.1 Å². The molecule has 26 heavy (non-hydrogen) atoms. The molecule has 2 aromatic rings. The summed E-state index contributed by atoms with van der Waals surface area (Å²) in [6, 6.07) is 8.59. The molecule has 0 radical (unpaired) electrons. The van der Waals surface area contributed by atoms with Crippen molar-refractivity contribution in [1.82, 2.24) is 9.97 Å². The monoisotopic (exact) mass is 355 g/mol. The zero-order valence-electron chi connectivity index (χ0n) is 16.2. The first-order valence-corrected chi connectivity index (χ1v) is 9.23. The lowest BCUT2D eigenvalue weighted by atomic mass is 10.1. The van der Waals surface area contributed by atoms with Crippen LogP contribution in [0, 0.1) is 20.8 Å². The molecular formula is C20H29N5O. The highest BCUT2D eigenvalue weighted by atomic mass is 16.5. The smallest absolute Gasteiger partial charge is 0.134 e. The molecular weight excluding hydrogens is 326 g/mol. The van der Waals surface area contributed by atoms with Gasteiger partial charge in [0.2, 0.25) is 0 Å². The molecule has 140 valence electrons. The highest BCUT2D eigenvalue weighted by Crippen LogP contribution is 2.25. The topological polar surface area (TPSA) is 53.5 Å². The average Bonchev–Trinajstić information content (AvgIpc) is 2.64. The number of hydrogen-bond acceptors (Lipinski definition) is 6. The van der Waals surface area contributed by atoms with Crippen molar-refractivity contribution in [3.05, 3.63) is 41.2 Å². The van der Waals surface area contributed by atoms with Crippen LogP contribution in [0.15, 0.2) is 24.3 Å². The first kappa shape index (κ1) is 18.5. The number of benzene rings is 1. The number of rotatable bonds is 6. The minimum absolute atomic E-state index is 0.660. The summed E-state index contributed by atoms with van der Waals surface area (Å²) in [5.74, 6) is 2.65. The summed E-state index contributed by atoms with van der Waals surface area (Å²) in [6.07, 6.45) is 0. The number of nitrogens with zero attached hydrogens (tertiary/aromatic N) is 4. The molecule has 1 fully saturated rings. The van der Waals surface area contributed by atoms with Crippen molar-refractivity contribution in [3.8, 4) is 0 Å². The molecule has 0 saturated carbocycles. The van der Waals surface area contributed by atoms with E-state index in [2.05, 4.69) is 57.1 Å². The van der Waals surface area contributed by atoms with Crippen LogP contribution in [-0.2, 0) is 4.74 Å². The fraction of sp³-hybridized carbons (Fsp3) is 0.500. The Morgan fingerprint density at radius 3 is 2.50 bits per heavy atom. The van der Waals surface area contributed by atoms with Gasteiger partial charge in [0.1, 0.15) is 17.5 Å². The molecule has 1 aromatic carbocycles. The molecule has 1 aromatic heterocycles. The Kier molecular flexibility index (Phi) is 5.93. The van der Waals surface area contributed by atoms with Gasteiger partial charge in [-0.05, 0) is 38.0 Å². The van der Waals surface area contributed by atoms with Crippen molar-refractivity contribution < 1.29 is 4.74 Å². The zero-order chi connectivity index (χ0) is 18.5. The fourth-order valence-corrected chi connectivity index (χ4v) is 3.34. The number of aromatic nitrogens is 2. The summed E-state index contributed by atoms with van der Waals surface area (Å²) in [7, 11) is 1.70. The van der Waals surface area contributed by atoms with Gasteiger partial charge in [0.15, 0.2) is 0 Å². The highest BCUT2D eigenvalue weighted by molar-refractivity contribution is 5.58. The molecule has 1 N–H and O–H groups in total. The van der Waals surface area contributed by atoms with Gasteiger partial charge in [-0.2, -0.15) is 0 Å². The van der Waals surface area contributed by atoms with Crippen LogP contribution >= 0.6 is 0 Å². The summed E-state index contributed by atoms with van der Waals surface area (Å²) >= 11 is 0. The number of piperazine rings is 1. The molecule has 0 atom stereocenters. The SMILES string of the molecule is COCCNc1cc(N2CCN(c3cccc(C)c3C)CC2)nc(C)n1. The third-order valence-electron chi connectivity index (χ3n) is 4.96. The Hall–Kier alpha value is -2.34. The third kappa shape index (κ3) is 4.25. The first-order valence-electron chi connectivity index (χ1n) is 9.23. The number of anilines is 3. The van der Waals surface area contributed by atoms with E-state index in [1.54, 1.807) is 7.11 Å². The van der Waals surface area contributed by atoms with Gasteiger partial charge in [0.05, 0.1) is 6.61 Å². The molecule has 1 aliphatic rings. The fourth-order valence-electron chi connectivity index (χ4n) is 3.34. The van der Waals surface area contributed by atoms with Crippen LogP contribution < -0.4 is 15.1 Å². The predicted molar refractivity (Wildman–Crippen MR) is 107 cm³/mol. The summed E-state index contributed by atoms with van der Waals surface area (Å²) in [4.78, 5) is 13.9. The molecule has 0 amide bonds. The maximum atomic E-state index is 5.09. The van der Waals surface area contributed by atoms with Gasteiger partial charge < -0.3 is 19.9 Å². The van der Waals surface area contributed by atoms with E-state index in [0.717, 1.165) is 50.2 Å². The molecule has 6 nitrogen and oxygen atoms in total. The lowest BCUT2D eigenvalue weighted by molar-refractivity contribution is 0.210. The lowest BCUT2D eigenvalue weighted by Crippen LogP contribution is -2.47. The molecule has 3 rings (SSSR count). The molecule has 1 aliphatic heterocycles. The molecule has 0 bridgehead atoms. The van der Waals surface area contributed by atoms with Crippen molar-refractivity contribution in [3.63, 3.8) is 0 Å². The van der Waals surface area contributed by atoms with Gasteiger partial charge in [0.25, 0.3) is 0 Å². The zero-order valence-corrected chi connectivity index (χ0v) is 16.2. The summed E-state index contributed by atoms with van der Waals surface area (Å²) in [5.41, 5.74) is 4.08. The quantitative estimate of drug-likeness (QED) is 0.804. The summed E-state index contributed by atoms with van der Waals surface area (Å²) in [5, 5.41) is 3.30. The summed E-state index contributed by atoms with van der Waals surface area (Å²) < 4.78 is 5.09. The second kappa shape index (κ2) is 8.36. The van der Waals surface area contributed by atoms with Gasteiger partial charge in [-0.25, -0.2) is 9.97 Å². The van der Waals surface area contributed by atoms with Crippen LogP contribution in [0.25, 0.3) is 0 Å². The molecule has 0 spiro atoms. The number of nitrogens with one attached hydrogen (secondary N) is 1. The second-order valence-corrected chi connectivity index (χ2v) is 6.77. The lowest BCUT2D eigenvalue weighted by Gasteiger charge is -2.37. The Balaban J connectivity index is 1.67. The number of methoxy groups -OCH3 is 1. The average molecular weight is 355 g/mol. The van der Waals surface area contributed by atoms with Gasteiger partial charge in [-0.15, -0.1) is 0 Å². The van der Waals surface area contributed by atoms with E-state index in [1.165, 1.54) is 16.8 Å². The largest absolute Gasteiger partial charge is 0.383 e. The standard InChI is InChI=1S/C20H29N5O/c1-15-6-5-7-18(16(15)2)24-9-11-25(12-10-24)20-14-19(21-8-13-26-4)22-17(3)23-20/h5-7,14H,8-13H2,1-4H3,(H,21,22,23).